The zero-order valence-electron chi connectivity index (χ0n) is 15.3. The van der Waals surface area contributed by atoms with Gasteiger partial charge in [-0.1, -0.05) is 63.3 Å². The summed E-state index contributed by atoms with van der Waals surface area (Å²) in [4.78, 5) is 11.7. The van der Waals surface area contributed by atoms with E-state index < -0.39 is 20.7 Å². The highest BCUT2D eigenvalue weighted by Gasteiger charge is 2.37. The third kappa shape index (κ3) is 5.39. The monoisotopic (exact) mass is 360 g/mol. The average molecular weight is 361 g/mol. The van der Waals surface area contributed by atoms with E-state index in [-0.39, 0.29) is 5.97 Å². The van der Waals surface area contributed by atoms with Crippen molar-refractivity contribution in [1.29, 1.82) is 0 Å². The first kappa shape index (κ1) is 19.6. The Morgan fingerprint density at radius 1 is 1.20 bits per heavy atom. The van der Waals surface area contributed by atoms with Crippen LogP contribution in [0.4, 0.5) is 0 Å². The lowest BCUT2D eigenvalue weighted by molar-refractivity contribution is -0.149. The third-order valence-electron chi connectivity index (χ3n) is 4.87. The molecule has 0 fully saturated rings. The number of carbonyl (C=O) groups excluding carboxylic acids is 1. The Morgan fingerprint density at radius 3 is 2.44 bits per heavy atom. The number of cyclic esters (lactones) is 1. The predicted octanol–water partition coefficient (Wildman–Crippen LogP) is 4.28. The fourth-order valence-corrected chi connectivity index (χ4v) is 5.67. The summed E-state index contributed by atoms with van der Waals surface area (Å²) < 4.78 is 11.6. The van der Waals surface area contributed by atoms with Gasteiger partial charge in [0.2, 0.25) is 6.29 Å². The maximum Gasteiger partial charge on any atom is 0.333 e. The molecule has 0 aromatic heterocycles. The van der Waals surface area contributed by atoms with Crippen molar-refractivity contribution in [3.05, 3.63) is 53.6 Å². The number of rotatable bonds is 9. The van der Waals surface area contributed by atoms with Gasteiger partial charge in [-0.25, -0.2) is 4.79 Å². The molecule has 1 aromatic carbocycles. The zero-order chi connectivity index (χ0) is 18.3. The molecule has 0 spiro atoms. The molecule has 2 unspecified atom stereocenters. The van der Waals surface area contributed by atoms with Gasteiger partial charge in [-0.05, 0) is 23.7 Å². The SMILES string of the molecule is CC[Si](CC)(CC)OC1OC(=O)C=C1CC(O)/C=C/c1ccccc1. The number of benzene rings is 1. The van der Waals surface area contributed by atoms with Gasteiger partial charge in [0.05, 0.1) is 6.10 Å². The van der Waals surface area contributed by atoms with Crippen molar-refractivity contribution in [3.63, 3.8) is 0 Å². The summed E-state index contributed by atoms with van der Waals surface area (Å²) in [5, 5.41) is 10.3. The van der Waals surface area contributed by atoms with Crippen molar-refractivity contribution in [2.75, 3.05) is 0 Å². The van der Waals surface area contributed by atoms with Crippen LogP contribution < -0.4 is 0 Å². The van der Waals surface area contributed by atoms with Crippen LogP contribution in [0.2, 0.25) is 18.1 Å². The first-order valence-corrected chi connectivity index (χ1v) is 11.5. The molecule has 1 heterocycles. The number of hydrogen-bond donors (Lipinski definition) is 1. The molecule has 0 saturated heterocycles. The number of aliphatic hydroxyl groups is 1. The summed E-state index contributed by atoms with van der Waals surface area (Å²) in [6.07, 6.45) is 4.08. The van der Waals surface area contributed by atoms with E-state index in [0.29, 0.717) is 6.42 Å². The summed E-state index contributed by atoms with van der Waals surface area (Å²) in [5.74, 6) is -0.384. The standard InChI is InChI=1S/C20H28O4Si/c1-4-25(5-2,6-3)24-20-17(15-19(22)23-20)14-18(21)13-12-16-10-8-7-9-11-16/h7-13,15,18,20-21H,4-6,14H2,1-3H3/b13-12+. The van der Waals surface area contributed by atoms with Crippen molar-refractivity contribution in [2.24, 2.45) is 0 Å². The lowest BCUT2D eigenvalue weighted by Gasteiger charge is -2.32. The summed E-state index contributed by atoms with van der Waals surface area (Å²) in [5.41, 5.74) is 1.75. The highest BCUT2D eigenvalue weighted by molar-refractivity contribution is 6.73. The summed E-state index contributed by atoms with van der Waals surface area (Å²) >= 11 is 0. The molecule has 1 aliphatic rings. The molecule has 5 heteroatoms. The molecule has 136 valence electrons. The highest BCUT2D eigenvalue weighted by Crippen LogP contribution is 2.30. The van der Waals surface area contributed by atoms with Crippen LogP contribution in [0.3, 0.4) is 0 Å². The van der Waals surface area contributed by atoms with Crippen molar-refractivity contribution in [3.8, 4) is 0 Å². The van der Waals surface area contributed by atoms with Crippen LogP contribution in [0.5, 0.6) is 0 Å². The van der Waals surface area contributed by atoms with Gasteiger partial charge in [-0.15, -0.1) is 0 Å². The maximum absolute atomic E-state index is 11.7. The molecule has 0 bridgehead atoms. The molecule has 4 nitrogen and oxygen atoms in total. The Bertz CT molecular complexity index is 612. The number of esters is 1. The minimum absolute atomic E-state index is 0.335. The highest BCUT2D eigenvalue weighted by atomic mass is 28.4. The van der Waals surface area contributed by atoms with E-state index in [4.69, 9.17) is 9.16 Å². The van der Waals surface area contributed by atoms with Crippen LogP contribution in [0, 0.1) is 0 Å². The second kappa shape index (κ2) is 9.13. The average Bonchev–Trinajstić information content (AvgIpc) is 2.97. The number of aliphatic hydroxyl groups excluding tert-OH is 1. The van der Waals surface area contributed by atoms with E-state index in [1.54, 1.807) is 6.08 Å². The van der Waals surface area contributed by atoms with Gasteiger partial charge < -0.3 is 14.3 Å². The van der Waals surface area contributed by atoms with Crippen molar-refractivity contribution in [1.82, 2.24) is 0 Å². The molecule has 1 N–H and O–H groups in total. The Kier molecular flexibility index (Phi) is 7.17. The van der Waals surface area contributed by atoms with E-state index in [9.17, 15) is 9.90 Å². The molecule has 0 amide bonds. The lowest BCUT2D eigenvalue weighted by Crippen LogP contribution is -2.41. The molecule has 1 aromatic rings. The summed E-state index contributed by atoms with van der Waals surface area (Å²) in [6.45, 7) is 6.41. The Morgan fingerprint density at radius 2 is 1.84 bits per heavy atom. The largest absolute Gasteiger partial charge is 0.429 e. The topological polar surface area (TPSA) is 55.8 Å². The quantitative estimate of drug-likeness (QED) is 0.527. The smallest absolute Gasteiger partial charge is 0.333 e. The van der Waals surface area contributed by atoms with Crippen molar-refractivity contribution in [2.45, 2.75) is 57.7 Å². The van der Waals surface area contributed by atoms with Crippen molar-refractivity contribution >= 4 is 20.4 Å². The Balaban J connectivity index is 2.02. The van der Waals surface area contributed by atoms with Gasteiger partial charge in [0, 0.05) is 18.1 Å². The van der Waals surface area contributed by atoms with Gasteiger partial charge in [0.1, 0.15) is 0 Å². The van der Waals surface area contributed by atoms with Gasteiger partial charge >= 0.3 is 5.97 Å². The second-order valence-corrected chi connectivity index (χ2v) is 11.1. The van der Waals surface area contributed by atoms with E-state index in [2.05, 4.69) is 20.8 Å². The number of hydrogen-bond acceptors (Lipinski definition) is 4. The Labute approximate surface area is 151 Å². The third-order valence-corrected chi connectivity index (χ3v) is 9.45. The minimum atomic E-state index is -1.89. The normalized spacial score (nSPS) is 19.1. The molecule has 0 aliphatic carbocycles. The predicted molar refractivity (Wildman–Crippen MR) is 102 cm³/mol. The molecular formula is C20H28O4Si. The molecule has 1 aliphatic heterocycles. The molecule has 0 radical (unpaired) electrons. The fraction of sp³-hybridized carbons (Fsp3) is 0.450. The molecule has 0 saturated carbocycles. The van der Waals surface area contributed by atoms with Crippen LogP contribution in [0.25, 0.3) is 6.08 Å². The summed E-state index contributed by atoms with van der Waals surface area (Å²) in [6, 6.07) is 12.8. The van der Waals surface area contributed by atoms with Crippen LogP contribution in [0.15, 0.2) is 48.1 Å². The number of carbonyl (C=O) groups is 1. The summed E-state index contributed by atoms with van der Waals surface area (Å²) in [7, 11) is -1.89. The van der Waals surface area contributed by atoms with Crippen LogP contribution in [-0.2, 0) is 14.0 Å². The molecular weight excluding hydrogens is 332 g/mol. The van der Waals surface area contributed by atoms with Crippen LogP contribution >= 0.6 is 0 Å². The Hall–Kier alpha value is -1.69. The molecule has 2 rings (SSSR count). The van der Waals surface area contributed by atoms with E-state index in [0.717, 1.165) is 29.3 Å². The van der Waals surface area contributed by atoms with Gasteiger partial charge in [0.15, 0.2) is 8.32 Å². The second-order valence-electron chi connectivity index (χ2n) is 6.39. The minimum Gasteiger partial charge on any atom is -0.429 e. The van der Waals surface area contributed by atoms with E-state index in [1.807, 2.05) is 36.4 Å². The molecule has 25 heavy (non-hydrogen) atoms. The lowest BCUT2D eigenvalue weighted by atomic mass is 10.1. The molecule has 2 atom stereocenters. The first-order chi connectivity index (χ1) is 12.0. The fourth-order valence-electron chi connectivity index (χ4n) is 3.01. The maximum atomic E-state index is 11.7. The number of ether oxygens (including phenoxy) is 1. The van der Waals surface area contributed by atoms with E-state index in [1.165, 1.54) is 6.08 Å². The van der Waals surface area contributed by atoms with E-state index >= 15 is 0 Å². The van der Waals surface area contributed by atoms with Crippen LogP contribution in [-0.4, -0.2) is 31.8 Å². The first-order valence-electron chi connectivity index (χ1n) is 9.02. The van der Waals surface area contributed by atoms with Gasteiger partial charge in [-0.2, -0.15) is 0 Å². The van der Waals surface area contributed by atoms with Gasteiger partial charge in [-0.3, -0.25) is 0 Å². The van der Waals surface area contributed by atoms with Crippen molar-refractivity contribution < 1.29 is 19.1 Å². The zero-order valence-corrected chi connectivity index (χ0v) is 16.3. The van der Waals surface area contributed by atoms with Crippen LogP contribution in [0.1, 0.15) is 32.8 Å². The van der Waals surface area contributed by atoms with Gasteiger partial charge in [0.25, 0.3) is 0 Å².